The molecule has 0 aromatic heterocycles. The number of benzene rings is 2. The van der Waals surface area contributed by atoms with Crippen molar-refractivity contribution in [2.75, 3.05) is 7.05 Å². The van der Waals surface area contributed by atoms with Crippen molar-refractivity contribution in [3.63, 3.8) is 0 Å². The van der Waals surface area contributed by atoms with Crippen LogP contribution in [0.2, 0.25) is 5.02 Å². The third-order valence-corrected chi connectivity index (χ3v) is 3.70. The Hall–Kier alpha value is -2.27. The summed E-state index contributed by atoms with van der Waals surface area (Å²) < 4.78 is 24.6. The highest BCUT2D eigenvalue weighted by Gasteiger charge is 2.29. The normalized spacial score (nSPS) is 15.9. The van der Waals surface area contributed by atoms with E-state index in [-0.39, 0.29) is 6.42 Å². The minimum atomic E-state index is -0.780. The molecule has 0 spiro atoms. The van der Waals surface area contributed by atoms with Gasteiger partial charge >= 0.3 is 6.09 Å². The van der Waals surface area contributed by atoms with Crippen molar-refractivity contribution in [1.29, 1.82) is 0 Å². The number of nitrogens with one attached hydrogen (secondary N) is 1. The van der Waals surface area contributed by atoms with Crippen LogP contribution in [0.25, 0.3) is 11.1 Å². The monoisotopic (exact) mass is 321 g/mol. The van der Waals surface area contributed by atoms with Crippen LogP contribution >= 0.6 is 11.6 Å². The van der Waals surface area contributed by atoms with E-state index in [1.165, 1.54) is 19.2 Å². The molecule has 1 aliphatic heterocycles. The second-order valence-electron chi connectivity index (χ2n) is 4.83. The number of carbonyl (C=O) groups is 1. The van der Waals surface area contributed by atoms with Crippen LogP contribution in [0, 0.1) is 5.82 Å². The van der Waals surface area contributed by atoms with Crippen LogP contribution in [0.5, 0.6) is 5.75 Å². The Morgan fingerprint density at radius 2 is 2.14 bits per heavy atom. The summed E-state index contributed by atoms with van der Waals surface area (Å²) in [5.41, 5.74) is 1.85. The molecule has 1 unspecified atom stereocenters. The number of ether oxygens (including phenoxy) is 2. The van der Waals surface area contributed by atoms with Gasteiger partial charge in [0.1, 0.15) is 11.6 Å². The lowest BCUT2D eigenvalue weighted by atomic mass is 10.0. The molecular weight excluding hydrogens is 309 g/mol. The minimum absolute atomic E-state index is 0.290. The molecule has 3 rings (SSSR count). The zero-order valence-corrected chi connectivity index (χ0v) is 12.5. The van der Waals surface area contributed by atoms with E-state index in [0.29, 0.717) is 27.5 Å². The van der Waals surface area contributed by atoms with Gasteiger partial charge < -0.3 is 14.8 Å². The van der Waals surface area contributed by atoms with Crippen molar-refractivity contribution in [3.05, 3.63) is 52.8 Å². The lowest BCUT2D eigenvalue weighted by Crippen LogP contribution is -2.28. The largest absolute Gasteiger partial charge is 0.453 e. The summed E-state index contributed by atoms with van der Waals surface area (Å²) in [6, 6.07) is 9.86. The lowest BCUT2D eigenvalue weighted by molar-refractivity contribution is -0.0153. The van der Waals surface area contributed by atoms with E-state index in [0.717, 1.165) is 0 Å². The van der Waals surface area contributed by atoms with Gasteiger partial charge in [-0.25, -0.2) is 9.18 Å². The van der Waals surface area contributed by atoms with Gasteiger partial charge in [0.2, 0.25) is 6.29 Å². The number of rotatable bonds is 2. The van der Waals surface area contributed by atoms with Crippen molar-refractivity contribution >= 4 is 17.7 Å². The molecule has 0 aliphatic carbocycles. The molecule has 114 valence electrons. The molecule has 6 heteroatoms. The van der Waals surface area contributed by atoms with E-state index in [9.17, 15) is 9.18 Å². The average molecular weight is 322 g/mol. The number of hydrogen-bond donors (Lipinski definition) is 1. The van der Waals surface area contributed by atoms with Gasteiger partial charge in [-0.05, 0) is 18.2 Å². The quantitative estimate of drug-likeness (QED) is 0.916. The van der Waals surface area contributed by atoms with Gasteiger partial charge in [-0.1, -0.05) is 29.8 Å². The maximum Gasteiger partial charge on any atom is 0.409 e. The smallest absolute Gasteiger partial charge is 0.409 e. The van der Waals surface area contributed by atoms with Crippen LogP contribution in [-0.4, -0.2) is 19.4 Å². The van der Waals surface area contributed by atoms with E-state index in [4.69, 9.17) is 21.1 Å². The molecule has 0 radical (unpaired) electrons. The maximum atomic E-state index is 13.9. The predicted octanol–water partition coefficient (Wildman–Crippen LogP) is 3.76. The Morgan fingerprint density at radius 1 is 1.36 bits per heavy atom. The first-order valence-electron chi connectivity index (χ1n) is 6.71. The van der Waals surface area contributed by atoms with E-state index in [2.05, 4.69) is 5.32 Å². The van der Waals surface area contributed by atoms with Gasteiger partial charge in [-0.2, -0.15) is 0 Å². The molecule has 2 aromatic rings. The van der Waals surface area contributed by atoms with Crippen LogP contribution < -0.4 is 10.1 Å². The summed E-state index contributed by atoms with van der Waals surface area (Å²) in [5.74, 6) is 0.0984. The van der Waals surface area contributed by atoms with E-state index >= 15 is 0 Å². The summed E-state index contributed by atoms with van der Waals surface area (Å²) in [7, 11) is 1.46. The van der Waals surface area contributed by atoms with E-state index in [1.54, 1.807) is 18.2 Å². The summed E-state index contributed by atoms with van der Waals surface area (Å²) in [6.07, 6.45) is -1.09. The summed E-state index contributed by atoms with van der Waals surface area (Å²) in [6.45, 7) is 0. The van der Waals surface area contributed by atoms with Gasteiger partial charge in [0.25, 0.3) is 0 Å². The molecule has 22 heavy (non-hydrogen) atoms. The number of carbonyl (C=O) groups excluding carboxylic acids is 1. The second kappa shape index (κ2) is 5.85. The highest BCUT2D eigenvalue weighted by Crippen LogP contribution is 2.42. The molecule has 0 bridgehead atoms. The number of hydrogen-bond acceptors (Lipinski definition) is 3. The zero-order valence-electron chi connectivity index (χ0n) is 11.7. The van der Waals surface area contributed by atoms with Crippen LogP contribution in [0.3, 0.4) is 0 Å². The molecule has 0 saturated heterocycles. The fourth-order valence-electron chi connectivity index (χ4n) is 2.42. The van der Waals surface area contributed by atoms with Gasteiger partial charge in [0.05, 0.1) is 6.42 Å². The lowest BCUT2D eigenvalue weighted by Gasteiger charge is -2.13. The van der Waals surface area contributed by atoms with Crippen molar-refractivity contribution < 1.29 is 18.7 Å². The van der Waals surface area contributed by atoms with Crippen LogP contribution in [0.4, 0.5) is 9.18 Å². The summed E-state index contributed by atoms with van der Waals surface area (Å²) >= 11 is 6.18. The highest BCUT2D eigenvalue weighted by molar-refractivity contribution is 6.33. The van der Waals surface area contributed by atoms with Crippen LogP contribution in [-0.2, 0) is 11.2 Å². The van der Waals surface area contributed by atoms with Gasteiger partial charge in [0.15, 0.2) is 0 Å². The Bertz CT molecular complexity index is 735. The van der Waals surface area contributed by atoms with E-state index in [1.807, 2.05) is 6.07 Å². The Labute approximate surface area is 131 Å². The maximum absolute atomic E-state index is 13.9. The van der Waals surface area contributed by atoms with Crippen LogP contribution in [0.15, 0.2) is 36.4 Å². The number of fused-ring (bicyclic) bond motifs is 1. The van der Waals surface area contributed by atoms with E-state index < -0.39 is 18.2 Å². The van der Waals surface area contributed by atoms with Gasteiger partial charge in [-0.3, -0.25) is 0 Å². The third kappa shape index (κ3) is 2.72. The second-order valence-corrected chi connectivity index (χ2v) is 5.24. The van der Waals surface area contributed by atoms with Crippen LogP contribution in [0.1, 0.15) is 5.56 Å². The zero-order chi connectivity index (χ0) is 15.7. The van der Waals surface area contributed by atoms with Gasteiger partial charge in [0, 0.05) is 28.8 Å². The average Bonchev–Trinajstić information content (AvgIpc) is 2.89. The third-order valence-electron chi connectivity index (χ3n) is 3.37. The standard InChI is InChI=1S/C16H13ClFNO3/c1-19-16(20)22-14-7-9-6-10(18)8-12(15(9)21-14)11-4-2-3-5-13(11)17/h2-6,8,14H,7H2,1H3,(H,19,20). The molecule has 1 N–H and O–H groups in total. The molecule has 1 aliphatic rings. The topological polar surface area (TPSA) is 47.6 Å². The molecule has 2 aromatic carbocycles. The highest BCUT2D eigenvalue weighted by atomic mass is 35.5. The molecular formula is C16H13ClFNO3. The Balaban J connectivity index is 1.99. The molecule has 0 fully saturated rings. The molecule has 1 amide bonds. The molecule has 1 atom stereocenters. The molecule has 1 heterocycles. The first-order valence-corrected chi connectivity index (χ1v) is 7.08. The fourth-order valence-corrected chi connectivity index (χ4v) is 2.65. The fraction of sp³-hybridized carbons (Fsp3) is 0.188. The first-order chi connectivity index (χ1) is 10.6. The summed E-state index contributed by atoms with van der Waals surface area (Å²) in [4.78, 5) is 11.3. The first kappa shape index (κ1) is 14.7. The SMILES string of the molecule is CNC(=O)OC1Cc2cc(F)cc(-c3ccccc3Cl)c2O1. The minimum Gasteiger partial charge on any atom is -0.453 e. The van der Waals surface area contributed by atoms with Crippen molar-refractivity contribution in [2.45, 2.75) is 12.7 Å². The predicted molar refractivity (Wildman–Crippen MR) is 80.5 cm³/mol. The Kier molecular flexibility index (Phi) is 3.90. The summed E-state index contributed by atoms with van der Waals surface area (Å²) in [5, 5.41) is 2.84. The molecule has 4 nitrogen and oxygen atoms in total. The number of alkyl carbamates (subject to hydrolysis) is 1. The molecule has 0 saturated carbocycles. The number of amides is 1. The van der Waals surface area contributed by atoms with Crippen molar-refractivity contribution in [2.24, 2.45) is 0 Å². The number of halogens is 2. The van der Waals surface area contributed by atoms with Crippen molar-refractivity contribution in [3.8, 4) is 16.9 Å². The van der Waals surface area contributed by atoms with Crippen molar-refractivity contribution in [1.82, 2.24) is 5.32 Å². The Morgan fingerprint density at radius 3 is 2.86 bits per heavy atom. The van der Waals surface area contributed by atoms with Gasteiger partial charge in [-0.15, -0.1) is 0 Å².